The van der Waals surface area contributed by atoms with Gasteiger partial charge < -0.3 is 9.26 Å². The summed E-state index contributed by atoms with van der Waals surface area (Å²) in [4.78, 5) is 16.7. The predicted molar refractivity (Wildman–Crippen MR) is 137 cm³/mol. The zero-order chi connectivity index (χ0) is 25.1. The standard InChI is InChI=1S/C25H22N4O5S2/c1-2-33-19-10-8-18(9-11-19)24-27-23(34-28-24)15-26-36(31,32)20-12-13-21-22(14-20)35-25(30)29(21)16-17-6-4-3-5-7-17/h3-14,26H,2,15-16H2,1H3. The fourth-order valence-electron chi connectivity index (χ4n) is 3.68. The van der Waals surface area contributed by atoms with Crippen molar-refractivity contribution in [2.45, 2.75) is 24.9 Å². The van der Waals surface area contributed by atoms with E-state index < -0.39 is 10.0 Å². The predicted octanol–water partition coefficient (Wildman–Crippen LogP) is 4.04. The Bertz CT molecular complexity index is 1660. The van der Waals surface area contributed by atoms with Gasteiger partial charge in [0.2, 0.25) is 21.7 Å². The third kappa shape index (κ3) is 5.08. The molecule has 9 nitrogen and oxygen atoms in total. The average Bonchev–Trinajstić information content (AvgIpc) is 3.48. The van der Waals surface area contributed by atoms with Crippen molar-refractivity contribution in [2.24, 2.45) is 0 Å². The molecule has 1 N–H and O–H groups in total. The SMILES string of the molecule is CCOc1ccc(-c2noc(CNS(=O)(=O)c3ccc4c(c3)sc(=O)n4Cc3ccccc3)n2)cc1. The fourth-order valence-corrected chi connectivity index (χ4v) is 5.69. The van der Waals surface area contributed by atoms with Crippen molar-refractivity contribution < 1.29 is 17.7 Å². The zero-order valence-electron chi connectivity index (χ0n) is 19.2. The van der Waals surface area contributed by atoms with Crippen LogP contribution in [0, 0.1) is 0 Å². The monoisotopic (exact) mass is 522 g/mol. The van der Waals surface area contributed by atoms with Gasteiger partial charge in [0.05, 0.1) is 34.8 Å². The molecule has 11 heteroatoms. The average molecular weight is 523 g/mol. The van der Waals surface area contributed by atoms with Gasteiger partial charge >= 0.3 is 4.87 Å². The van der Waals surface area contributed by atoms with Crippen molar-refractivity contribution in [2.75, 3.05) is 6.61 Å². The van der Waals surface area contributed by atoms with E-state index in [4.69, 9.17) is 9.26 Å². The Balaban J connectivity index is 1.30. The molecule has 0 amide bonds. The lowest BCUT2D eigenvalue weighted by Crippen LogP contribution is -2.23. The summed E-state index contributed by atoms with van der Waals surface area (Å²) in [5, 5.41) is 3.93. The van der Waals surface area contributed by atoms with Crippen molar-refractivity contribution in [3.8, 4) is 17.1 Å². The molecule has 0 fully saturated rings. The molecule has 0 aliphatic carbocycles. The first-order valence-corrected chi connectivity index (χ1v) is 13.5. The minimum absolute atomic E-state index is 0.0503. The van der Waals surface area contributed by atoms with E-state index in [-0.39, 0.29) is 22.2 Å². The molecule has 0 aliphatic heterocycles. The third-order valence-electron chi connectivity index (χ3n) is 5.44. The molecule has 0 bridgehead atoms. The molecule has 0 saturated carbocycles. The molecule has 5 rings (SSSR count). The molecule has 0 saturated heterocycles. The number of rotatable bonds is 9. The molecule has 3 aromatic carbocycles. The summed E-state index contributed by atoms with van der Waals surface area (Å²) in [6.07, 6.45) is 0. The van der Waals surface area contributed by atoms with Crippen LogP contribution in [0.25, 0.3) is 21.6 Å². The van der Waals surface area contributed by atoms with Crippen LogP contribution in [0.4, 0.5) is 0 Å². The molecule has 0 spiro atoms. The van der Waals surface area contributed by atoms with Crippen LogP contribution in [0.2, 0.25) is 0 Å². The maximum Gasteiger partial charge on any atom is 0.308 e. The second-order valence-electron chi connectivity index (χ2n) is 7.86. The first-order chi connectivity index (χ1) is 17.4. The van der Waals surface area contributed by atoms with Gasteiger partial charge in [-0.1, -0.05) is 46.8 Å². The number of thiazole rings is 1. The van der Waals surface area contributed by atoms with Crippen LogP contribution in [0.3, 0.4) is 0 Å². The van der Waals surface area contributed by atoms with Gasteiger partial charge in [0, 0.05) is 5.56 Å². The molecule has 2 heterocycles. The number of nitrogens with one attached hydrogen (secondary N) is 1. The van der Waals surface area contributed by atoms with Crippen LogP contribution in [0.15, 0.2) is 87.0 Å². The number of fused-ring (bicyclic) bond motifs is 1. The maximum absolute atomic E-state index is 12.9. The van der Waals surface area contributed by atoms with Gasteiger partial charge in [-0.05, 0) is 55.0 Å². The number of benzene rings is 3. The Labute approximate surface area is 211 Å². The van der Waals surface area contributed by atoms with Crippen LogP contribution in [-0.4, -0.2) is 29.7 Å². The largest absolute Gasteiger partial charge is 0.494 e. The summed E-state index contributed by atoms with van der Waals surface area (Å²) in [7, 11) is -3.88. The molecular formula is C25H22N4O5S2. The van der Waals surface area contributed by atoms with Crippen LogP contribution in [0.5, 0.6) is 5.75 Å². The number of nitrogens with zero attached hydrogens (tertiary/aromatic N) is 3. The Morgan fingerprint density at radius 1 is 1.06 bits per heavy atom. The molecular weight excluding hydrogens is 500 g/mol. The minimum atomic E-state index is -3.88. The van der Waals surface area contributed by atoms with Gasteiger partial charge in [-0.2, -0.15) is 4.98 Å². The zero-order valence-corrected chi connectivity index (χ0v) is 20.9. The van der Waals surface area contributed by atoms with Crippen molar-refractivity contribution in [3.05, 3.63) is 93.9 Å². The Kier molecular flexibility index (Phi) is 6.68. The maximum atomic E-state index is 12.9. The quantitative estimate of drug-likeness (QED) is 0.311. The number of hydrogen-bond donors (Lipinski definition) is 1. The van der Waals surface area contributed by atoms with Crippen LogP contribution < -0.4 is 14.3 Å². The highest BCUT2D eigenvalue weighted by Gasteiger charge is 2.19. The molecule has 184 valence electrons. The summed E-state index contributed by atoms with van der Waals surface area (Å²) in [5.41, 5.74) is 2.39. The van der Waals surface area contributed by atoms with Gasteiger partial charge in [0.15, 0.2) is 0 Å². The highest BCUT2D eigenvalue weighted by Crippen LogP contribution is 2.23. The lowest BCUT2D eigenvalue weighted by atomic mass is 10.2. The molecule has 0 aliphatic rings. The molecule has 0 atom stereocenters. The number of aromatic nitrogens is 3. The van der Waals surface area contributed by atoms with Crippen LogP contribution in [0.1, 0.15) is 18.4 Å². The molecule has 36 heavy (non-hydrogen) atoms. The van der Waals surface area contributed by atoms with Crippen molar-refractivity contribution in [1.29, 1.82) is 0 Å². The van der Waals surface area contributed by atoms with Crippen molar-refractivity contribution in [1.82, 2.24) is 19.4 Å². The van der Waals surface area contributed by atoms with Gasteiger partial charge in [0.1, 0.15) is 5.75 Å². The third-order valence-corrected chi connectivity index (χ3v) is 7.78. The normalized spacial score (nSPS) is 11.7. The second kappa shape index (κ2) is 10.1. The minimum Gasteiger partial charge on any atom is -0.494 e. The van der Waals surface area contributed by atoms with Crippen LogP contribution in [-0.2, 0) is 23.1 Å². The lowest BCUT2D eigenvalue weighted by Gasteiger charge is -2.06. The second-order valence-corrected chi connectivity index (χ2v) is 10.6. The first kappa shape index (κ1) is 23.9. The number of ether oxygens (including phenoxy) is 1. The van der Waals surface area contributed by atoms with Gasteiger partial charge in [-0.15, -0.1) is 0 Å². The van der Waals surface area contributed by atoms with Crippen molar-refractivity contribution >= 4 is 31.6 Å². The lowest BCUT2D eigenvalue weighted by molar-refractivity contribution is 0.340. The smallest absolute Gasteiger partial charge is 0.308 e. The highest BCUT2D eigenvalue weighted by atomic mass is 32.2. The van der Waals surface area contributed by atoms with E-state index in [0.29, 0.717) is 29.2 Å². The van der Waals surface area contributed by atoms with E-state index in [1.54, 1.807) is 34.9 Å². The highest BCUT2D eigenvalue weighted by molar-refractivity contribution is 7.89. The fraction of sp³-hybridized carbons (Fsp3) is 0.160. The molecule has 0 unspecified atom stereocenters. The van der Waals surface area contributed by atoms with Crippen LogP contribution >= 0.6 is 11.3 Å². The Morgan fingerprint density at radius 3 is 2.58 bits per heavy atom. The van der Waals surface area contributed by atoms with E-state index in [9.17, 15) is 13.2 Å². The summed E-state index contributed by atoms with van der Waals surface area (Å²) < 4.78 is 41.2. The molecule has 2 aromatic heterocycles. The van der Waals surface area contributed by atoms with E-state index >= 15 is 0 Å². The number of hydrogen-bond acceptors (Lipinski definition) is 8. The number of sulfonamides is 1. The summed E-state index contributed by atoms with van der Waals surface area (Å²) in [6, 6.07) is 21.5. The summed E-state index contributed by atoms with van der Waals surface area (Å²) >= 11 is 1.01. The van der Waals surface area contributed by atoms with Gasteiger partial charge in [-0.25, -0.2) is 13.1 Å². The van der Waals surface area contributed by atoms with Gasteiger partial charge in [-0.3, -0.25) is 9.36 Å². The summed E-state index contributed by atoms with van der Waals surface area (Å²) in [6.45, 7) is 2.72. The van der Waals surface area contributed by atoms with E-state index in [0.717, 1.165) is 28.2 Å². The Hall–Kier alpha value is -3.80. The van der Waals surface area contributed by atoms with Crippen molar-refractivity contribution in [3.63, 3.8) is 0 Å². The summed E-state index contributed by atoms with van der Waals surface area (Å²) in [5.74, 6) is 1.20. The topological polar surface area (TPSA) is 116 Å². The van der Waals surface area contributed by atoms with Gasteiger partial charge in [0.25, 0.3) is 0 Å². The Morgan fingerprint density at radius 2 is 1.83 bits per heavy atom. The molecule has 0 radical (unpaired) electrons. The van der Waals surface area contributed by atoms with E-state index in [1.807, 2.05) is 37.3 Å². The first-order valence-electron chi connectivity index (χ1n) is 11.2. The van der Waals surface area contributed by atoms with E-state index in [2.05, 4.69) is 14.9 Å². The molecule has 5 aromatic rings. The van der Waals surface area contributed by atoms with E-state index in [1.165, 1.54) is 12.1 Å².